The number of amides is 5. The number of morpholine rings is 2. The van der Waals surface area contributed by atoms with Gasteiger partial charge in [0.25, 0.3) is 17.7 Å². The first-order chi connectivity index (χ1) is 24.4. The average Bonchev–Trinajstić information content (AvgIpc) is 3.06. The van der Waals surface area contributed by atoms with Crippen LogP contribution in [0.5, 0.6) is 0 Å². The van der Waals surface area contributed by atoms with E-state index in [4.69, 9.17) is 18.9 Å². The maximum Gasteiger partial charge on any atom is 0.420 e. The van der Waals surface area contributed by atoms with Crippen molar-refractivity contribution in [2.75, 3.05) is 54.7 Å². The SMILES string of the molecule is CC(C)(C)OC(=O)N(Cc1cc(NC(=O)C(O)C2OCCN(c3cccc(N4CCOCC4=O)c3)C2=O)cc(F)c1C#N)C(=O)OC(C)(C)C.CP. The van der Waals surface area contributed by atoms with Crippen molar-refractivity contribution in [3.05, 3.63) is 53.3 Å². The minimum Gasteiger partial charge on any atom is -0.443 e. The van der Waals surface area contributed by atoms with E-state index in [2.05, 4.69) is 14.6 Å². The topological polar surface area (TPSA) is 188 Å². The number of halogens is 1. The molecule has 2 aliphatic rings. The van der Waals surface area contributed by atoms with Gasteiger partial charge < -0.3 is 39.2 Å². The predicted octanol–water partition coefficient (Wildman–Crippen LogP) is 3.96. The predicted molar refractivity (Wildman–Crippen MR) is 191 cm³/mol. The molecule has 17 heteroatoms. The summed E-state index contributed by atoms with van der Waals surface area (Å²) in [7, 11) is 2.42. The normalized spacial score (nSPS) is 16.9. The molecular weight excluding hydrogens is 700 g/mol. The number of carbonyl (C=O) groups is 5. The highest BCUT2D eigenvalue weighted by atomic mass is 31.0. The quantitative estimate of drug-likeness (QED) is 0.391. The fourth-order valence-electron chi connectivity index (χ4n) is 5.06. The average molecular weight is 746 g/mol. The van der Waals surface area contributed by atoms with E-state index >= 15 is 4.39 Å². The Morgan fingerprint density at radius 3 is 2.15 bits per heavy atom. The zero-order chi connectivity index (χ0) is 39.0. The number of nitriles is 1. The number of hydrogen-bond acceptors (Lipinski definition) is 11. The number of rotatable bonds is 7. The minimum atomic E-state index is -2.06. The molecule has 2 aromatic rings. The zero-order valence-corrected chi connectivity index (χ0v) is 31.4. The lowest BCUT2D eigenvalue weighted by Crippen LogP contribution is -2.55. The monoisotopic (exact) mass is 745 g/mol. The lowest BCUT2D eigenvalue weighted by Gasteiger charge is -2.35. The van der Waals surface area contributed by atoms with Crippen LogP contribution in [0.4, 0.5) is 31.0 Å². The molecule has 2 heterocycles. The third kappa shape index (κ3) is 10.9. The Hall–Kier alpha value is -4.68. The van der Waals surface area contributed by atoms with Crippen LogP contribution in [0, 0.1) is 17.1 Å². The van der Waals surface area contributed by atoms with Gasteiger partial charge in [0.1, 0.15) is 29.7 Å². The number of anilines is 3. The molecule has 4 rings (SSSR count). The van der Waals surface area contributed by atoms with Crippen molar-refractivity contribution in [3.8, 4) is 6.07 Å². The molecule has 15 nitrogen and oxygen atoms in total. The van der Waals surface area contributed by atoms with E-state index in [1.165, 1.54) is 9.80 Å². The molecule has 5 amide bonds. The number of nitrogens with one attached hydrogen (secondary N) is 1. The van der Waals surface area contributed by atoms with Gasteiger partial charge in [-0.2, -0.15) is 5.26 Å². The lowest BCUT2D eigenvalue weighted by molar-refractivity contribution is -0.150. The number of nitrogens with zero attached hydrogens (tertiary/aromatic N) is 4. The molecule has 2 fully saturated rings. The highest BCUT2D eigenvalue weighted by Gasteiger charge is 2.40. The fraction of sp³-hybridized carbons (Fsp3) is 0.486. The van der Waals surface area contributed by atoms with Crippen LogP contribution < -0.4 is 15.1 Å². The van der Waals surface area contributed by atoms with Crippen molar-refractivity contribution in [1.29, 1.82) is 5.26 Å². The van der Waals surface area contributed by atoms with Gasteiger partial charge in [0.2, 0.25) is 0 Å². The van der Waals surface area contributed by atoms with Gasteiger partial charge in [-0.25, -0.2) is 18.9 Å². The van der Waals surface area contributed by atoms with Crippen molar-refractivity contribution >= 4 is 56.2 Å². The van der Waals surface area contributed by atoms with Gasteiger partial charge in [-0.3, -0.25) is 14.4 Å². The smallest absolute Gasteiger partial charge is 0.420 e. The Kier molecular flexibility index (Phi) is 14.2. The summed E-state index contributed by atoms with van der Waals surface area (Å²) in [6.07, 6.45) is -5.95. The van der Waals surface area contributed by atoms with Gasteiger partial charge in [-0.05, 0) is 77.4 Å². The minimum absolute atomic E-state index is 0.0394. The summed E-state index contributed by atoms with van der Waals surface area (Å²) in [4.78, 5) is 68.5. The number of ether oxygens (including phenoxy) is 4. The van der Waals surface area contributed by atoms with Crippen LogP contribution in [0.25, 0.3) is 0 Å². The second-order valence-corrected chi connectivity index (χ2v) is 13.5. The van der Waals surface area contributed by atoms with E-state index in [1.54, 1.807) is 71.9 Å². The number of hydrogen-bond donors (Lipinski definition) is 2. The van der Waals surface area contributed by atoms with Crippen LogP contribution in [0.3, 0.4) is 0 Å². The molecule has 0 radical (unpaired) electrons. The van der Waals surface area contributed by atoms with Crippen LogP contribution in [0.15, 0.2) is 36.4 Å². The first kappa shape index (κ1) is 41.7. The Labute approximate surface area is 304 Å². The van der Waals surface area contributed by atoms with E-state index in [9.17, 15) is 34.3 Å². The Bertz CT molecular complexity index is 1680. The number of carbonyl (C=O) groups excluding carboxylic acids is 5. The molecule has 0 bridgehead atoms. The Balaban J connectivity index is 0.00000358. The number of benzene rings is 2. The molecule has 2 N–H and O–H groups in total. The van der Waals surface area contributed by atoms with Crippen molar-refractivity contribution in [3.63, 3.8) is 0 Å². The molecule has 2 saturated heterocycles. The van der Waals surface area contributed by atoms with Crippen molar-refractivity contribution in [2.24, 2.45) is 0 Å². The van der Waals surface area contributed by atoms with Gasteiger partial charge >= 0.3 is 12.2 Å². The summed E-state index contributed by atoms with van der Waals surface area (Å²) < 4.78 is 36.5. The molecule has 0 saturated carbocycles. The van der Waals surface area contributed by atoms with Crippen LogP contribution in [0.1, 0.15) is 52.7 Å². The zero-order valence-electron chi connectivity index (χ0n) is 30.2. The summed E-state index contributed by atoms with van der Waals surface area (Å²) in [6.45, 7) is 11.4. The largest absolute Gasteiger partial charge is 0.443 e. The van der Waals surface area contributed by atoms with Crippen molar-refractivity contribution < 1.29 is 52.4 Å². The second kappa shape index (κ2) is 17.7. The van der Waals surface area contributed by atoms with Gasteiger partial charge in [-0.15, -0.1) is 9.24 Å². The summed E-state index contributed by atoms with van der Waals surface area (Å²) >= 11 is 0. The Morgan fingerprint density at radius 1 is 1.02 bits per heavy atom. The van der Waals surface area contributed by atoms with Crippen molar-refractivity contribution in [2.45, 2.75) is 71.5 Å². The maximum absolute atomic E-state index is 15.2. The van der Waals surface area contributed by atoms with Crippen LogP contribution in [0.2, 0.25) is 0 Å². The van der Waals surface area contributed by atoms with E-state index < -0.39 is 65.3 Å². The molecule has 282 valence electrons. The molecule has 2 aromatic carbocycles. The summed E-state index contributed by atoms with van der Waals surface area (Å²) in [6, 6.07) is 10.3. The summed E-state index contributed by atoms with van der Waals surface area (Å²) in [5.74, 6) is -3.21. The molecule has 52 heavy (non-hydrogen) atoms. The first-order valence-electron chi connectivity index (χ1n) is 16.3. The molecule has 0 aromatic heterocycles. The number of aliphatic hydroxyl groups is 1. The summed E-state index contributed by atoms with van der Waals surface area (Å²) in [5, 5.41) is 23.0. The Morgan fingerprint density at radius 2 is 1.60 bits per heavy atom. The van der Waals surface area contributed by atoms with Gasteiger partial charge in [0, 0.05) is 30.2 Å². The van der Waals surface area contributed by atoms with Crippen LogP contribution in [-0.4, -0.2) is 103 Å². The van der Waals surface area contributed by atoms with Crippen LogP contribution in [-0.2, 0) is 39.9 Å². The lowest BCUT2D eigenvalue weighted by atomic mass is 10.1. The van der Waals surface area contributed by atoms with E-state index in [-0.39, 0.29) is 36.9 Å². The number of aliphatic hydroxyl groups excluding tert-OH is 1. The molecule has 3 atom stereocenters. The highest BCUT2D eigenvalue weighted by molar-refractivity contribution is 7.15. The summed E-state index contributed by atoms with van der Waals surface area (Å²) in [5.41, 5.74) is -2.06. The van der Waals surface area contributed by atoms with E-state index in [1.807, 2.05) is 6.66 Å². The van der Waals surface area contributed by atoms with Gasteiger partial charge in [0.05, 0.1) is 25.3 Å². The van der Waals surface area contributed by atoms with E-state index in [0.717, 1.165) is 12.1 Å². The van der Waals surface area contributed by atoms with Gasteiger partial charge in [-0.1, -0.05) is 12.7 Å². The van der Waals surface area contributed by atoms with Crippen LogP contribution >= 0.6 is 9.24 Å². The van der Waals surface area contributed by atoms with Gasteiger partial charge in [0.15, 0.2) is 12.2 Å². The number of imide groups is 1. The standard InChI is InChI=1S/C34H40FN5O10.CH5P/c1-33(2,3)49-31(45)40(32(46)50-34(4,5)6)18-20-14-21(15-25(35)24(20)17-36)37-29(43)27(42)28-30(44)39(11-13-48-28)23-9-7-8-22(16-23)38-10-12-47-19-26(38)41;1-2/h7-9,14-16,27-28,42H,10-13,18-19H2,1-6H3,(H,37,43);2H2,1H3. The van der Waals surface area contributed by atoms with E-state index in [0.29, 0.717) is 29.4 Å². The molecule has 2 aliphatic heterocycles. The highest BCUT2D eigenvalue weighted by Crippen LogP contribution is 2.28. The third-order valence-corrected chi connectivity index (χ3v) is 7.22. The maximum atomic E-state index is 15.2. The molecule has 0 aliphatic carbocycles. The van der Waals surface area contributed by atoms with Crippen molar-refractivity contribution in [1.82, 2.24) is 4.90 Å². The molecule has 3 unspecified atom stereocenters. The first-order valence-corrected chi connectivity index (χ1v) is 17.5. The molecular formula is C35H45FN5O10P. The second-order valence-electron chi connectivity index (χ2n) is 13.5. The fourth-order valence-corrected chi connectivity index (χ4v) is 5.06. The third-order valence-electron chi connectivity index (χ3n) is 7.22. The molecule has 0 spiro atoms.